The summed E-state index contributed by atoms with van der Waals surface area (Å²) in [6, 6.07) is 10.3. The Labute approximate surface area is 150 Å². The van der Waals surface area contributed by atoms with Gasteiger partial charge in [0.1, 0.15) is 5.82 Å². The first-order valence-corrected chi connectivity index (χ1v) is 9.20. The SMILES string of the molecule is CN(C)c1ccc(Cn2nccc2NC(=O)CCC2CCCC2)cc1. The van der Waals surface area contributed by atoms with Gasteiger partial charge in [-0.25, -0.2) is 4.68 Å². The van der Waals surface area contributed by atoms with Crippen LogP contribution in [-0.4, -0.2) is 29.8 Å². The summed E-state index contributed by atoms with van der Waals surface area (Å²) in [7, 11) is 4.06. The number of amides is 1. The topological polar surface area (TPSA) is 50.2 Å². The van der Waals surface area contributed by atoms with Crippen LogP contribution < -0.4 is 10.2 Å². The van der Waals surface area contributed by atoms with Gasteiger partial charge in [0.05, 0.1) is 12.7 Å². The molecule has 1 aliphatic rings. The molecule has 0 radical (unpaired) electrons. The van der Waals surface area contributed by atoms with Crippen LogP contribution in [0.25, 0.3) is 0 Å². The first kappa shape index (κ1) is 17.5. The van der Waals surface area contributed by atoms with Crippen molar-refractivity contribution in [2.45, 2.75) is 45.1 Å². The number of benzene rings is 1. The highest BCUT2D eigenvalue weighted by atomic mass is 16.1. The summed E-state index contributed by atoms with van der Waals surface area (Å²) in [6.45, 7) is 0.652. The van der Waals surface area contributed by atoms with Gasteiger partial charge in [-0.1, -0.05) is 37.8 Å². The van der Waals surface area contributed by atoms with Crippen molar-refractivity contribution >= 4 is 17.4 Å². The minimum absolute atomic E-state index is 0.0941. The lowest BCUT2D eigenvalue weighted by Gasteiger charge is -2.14. The zero-order valence-electron chi connectivity index (χ0n) is 15.2. The monoisotopic (exact) mass is 340 g/mol. The number of nitrogens with zero attached hydrogens (tertiary/aromatic N) is 3. The molecule has 25 heavy (non-hydrogen) atoms. The van der Waals surface area contributed by atoms with Crippen LogP contribution in [0.5, 0.6) is 0 Å². The molecule has 1 heterocycles. The van der Waals surface area contributed by atoms with Crippen LogP contribution in [0.2, 0.25) is 0 Å². The first-order valence-electron chi connectivity index (χ1n) is 9.20. The quantitative estimate of drug-likeness (QED) is 0.831. The number of hydrogen-bond acceptors (Lipinski definition) is 3. The van der Waals surface area contributed by atoms with Gasteiger partial charge in [-0.3, -0.25) is 4.79 Å². The van der Waals surface area contributed by atoms with Crippen LogP contribution >= 0.6 is 0 Å². The second-order valence-corrected chi connectivity index (χ2v) is 7.17. The molecule has 1 fully saturated rings. The van der Waals surface area contributed by atoms with Gasteiger partial charge in [0.2, 0.25) is 5.91 Å². The summed E-state index contributed by atoms with van der Waals surface area (Å²) < 4.78 is 1.85. The highest BCUT2D eigenvalue weighted by molar-refractivity contribution is 5.89. The molecule has 1 amide bonds. The van der Waals surface area contributed by atoms with Gasteiger partial charge in [0, 0.05) is 32.3 Å². The van der Waals surface area contributed by atoms with Crippen LogP contribution in [0, 0.1) is 5.92 Å². The third-order valence-corrected chi connectivity index (χ3v) is 5.02. The minimum Gasteiger partial charge on any atom is -0.378 e. The fraction of sp³-hybridized carbons (Fsp3) is 0.500. The van der Waals surface area contributed by atoms with Crippen LogP contribution in [0.1, 0.15) is 44.1 Å². The molecule has 2 aromatic rings. The number of aromatic nitrogens is 2. The van der Waals surface area contributed by atoms with Crippen LogP contribution in [-0.2, 0) is 11.3 Å². The van der Waals surface area contributed by atoms with E-state index in [2.05, 4.69) is 39.6 Å². The number of carbonyl (C=O) groups is 1. The van der Waals surface area contributed by atoms with Gasteiger partial charge < -0.3 is 10.2 Å². The van der Waals surface area contributed by atoms with Gasteiger partial charge in [-0.2, -0.15) is 5.10 Å². The lowest BCUT2D eigenvalue weighted by Crippen LogP contribution is -2.16. The lowest BCUT2D eigenvalue weighted by molar-refractivity contribution is -0.116. The molecule has 0 atom stereocenters. The Morgan fingerprint density at radius 2 is 1.92 bits per heavy atom. The fourth-order valence-corrected chi connectivity index (χ4v) is 3.48. The molecular formula is C20H28N4O. The predicted molar refractivity (Wildman–Crippen MR) is 102 cm³/mol. The highest BCUT2D eigenvalue weighted by Crippen LogP contribution is 2.28. The van der Waals surface area contributed by atoms with Gasteiger partial charge in [0.25, 0.3) is 0 Å². The first-order chi connectivity index (χ1) is 12.1. The molecule has 1 saturated carbocycles. The largest absolute Gasteiger partial charge is 0.378 e. The van der Waals surface area contributed by atoms with E-state index >= 15 is 0 Å². The second kappa shape index (κ2) is 8.19. The Morgan fingerprint density at radius 3 is 2.60 bits per heavy atom. The molecular weight excluding hydrogens is 312 g/mol. The molecule has 0 saturated heterocycles. The fourth-order valence-electron chi connectivity index (χ4n) is 3.48. The Bertz CT molecular complexity index is 684. The maximum atomic E-state index is 12.2. The van der Waals surface area contributed by atoms with Crippen LogP contribution in [0.15, 0.2) is 36.5 Å². The number of rotatable bonds is 7. The Kier molecular flexibility index (Phi) is 5.74. The van der Waals surface area contributed by atoms with E-state index in [1.807, 2.05) is 24.8 Å². The third-order valence-electron chi connectivity index (χ3n) is 5.02. The van der Waals surface area contributed by atoms with E-state index in [1.54, 1.807) is 6.20 Å². The van der Waals surface area contributed by atoms with E-state index in [1.165, 1.54) is 31.4 Å². The Balaban J connectivity index is 1.55. The zero-order valence-corrected chi connectivity index (χ0v) is 15.2. The van der Waals surface area contributed by atoms with Crippen molar-refractivity contribution in [2.75, 3.05) is 24.3 Å². The molecule has 5 heteroatoms. The molecule has 1 aromatic carbocycles. The van der Waals surface area contributed by atoms with Crippen molar-refractivity contribution in [1.29, 1.82) is 0 Å². The maximum Gasteiger partial charge on any atom is 0.225 e. The van der Waals surface area contributed by atoms with E-state index in [9.17, 15) is 4.79 Å². The van der Waals surface area contributed by atoms with Crippen LogP contribution in [0.4, 0.5) is 11.5 Å². The molecule has 0 spiro atoms. The van der Waals surface area contributed by atoms with E-state index in [4.69, 9.17) is 0 Å². The van der Waals surface area contributed by atoms with Gasteiger partial charge >= 0.3 is 0 Å². The zero-order chi connectivity index (χ0) is 17.6. The van der Waals surface area contributed by atoms with Crippen molar-refractivity contribution in [3.8, 4) is 0 Å². The highest BCUT2D eigenvalue weighted by Gasteiger charge is 2.16. The Morgan fingerprint density at radius 1 is 1.20 bits per heavy atom. The van der Waals surface area contributed by atoms with Gasteiger partial charge in [0.15, 0.2) is 0 Å². The smallest absolute Gasteiger partial charge is 0.225 e. The Hall–Kier alpha value is -2.30. The maximum absolute atomic E-state index is 12.2. The van der Waals surface area contributed by atoms with E-state index in [0.29, 0.717) is 13.0 Å². The average molecular weight is 340 g/mol. The summed E-state index contributed by atoms with van der Waals surface area (Å²) in [5.74, 6) is 1.61. The van der Waals surface area contributed by atoms with Crippen LogP contribution in [0.3, 0.4) is 0 Å². The molecule has 134 valence electrons. The summed E-state index contributed by atoms with van der Waals surface area (Å²) in [4.78, 5) is 14.3. The van der Waals surface area contributed by atoms with Crippen molar-refractivity contribution in [3.63, 3.8) is 0 Å². The summed E-state index contributed by atoms with van der Waals surface area (Å²) in [5.41, 5.74) is 2.33. The minimum atomic E-state index is 0.0941. The molecule has 5 nitrogen and oxygen atoms in total. The van der Waals surface area contributed by atoms with Crippen molar-refractivity contribution in [2.24, 2.45) is 5.92 Å². The van der Waals surface area contributed by atoms with E-state index in [-0.39, 0.29) is 5.91 Å². The van der Waals surface area contributed by atoms with Crippen molar-refractivity contribution in [3.05, 3.63) is 42.1 Å². The third kappa shape index (κ3) is 4.84. The second-order valence-electron chi connectivity index (χ2n) is 7.17. The van der Waals surface area contributed by atoms with E-state index < -0.39 is 0 Å². The lowest BCUT2D eigenvalue weighted by atomic mass is 10.0. The molecule has 3 rings (SSSR count). The normalized spacial score (nSPS) is 14.6. The van der Waals surface area contributed by atoms with E-state index in [0.717, 1.165) is 23.7 Å². The molecule has 1 aliphatic carbocycles. The van der Waals surface area contributed by atoms with Gasteiger partial charge in [-0.05, 0) is 30.0 Å². The summed E-state index contributed by atoms with van der Waals surface area (Å²) >= 11 is 0. The molecule has 0 unspecified atom stereocenters. The van der Waals surface area contributed by atoms with Crippen molar-refractivity contribution < 1.29 is 4.79 Å². The predicted octanol–water partition coefficient (Wildman–Crippen LogP) is 3.91. The molecule has 0 bridgehead atoms. The average Bonchev–Trinajstić information content (AvgIpc) is 3.26. The molecule has 1 N–H and O–H groups in total. The molecule has 1 aromatic heterocycles. The van der Waals surface area contributed by atoms with Crippen molar-refractivity contribution in [1.82, 2.24) is 9.78 Å². The summed E-state index contributed by atoms with van der Waals surface area (Å²) in [6.07, 6.45) is 8.57. The summed E-state index contributed by atoms with van der Waals surface area (Å²) in [5, 5.41) is 7.37. The number of hydrogen-bond donors (Lipinski definition) is 1. The number of anilines is 2. The number of carbonyl (C=O) groups excluding carboxylic acids is 1. The van der Waals surface area contributed by atoms with Gasteiger partial charge in [-0.15, -0.1) is 0 Å². The standard InChI is InChI=1S/C20H28N4O/c1-23(2)18-10-7-17(8-11-18)15-24-19(13-14-21-24)22-20(25)12-9-16-5-3-4-6-16/h7-8,10-11,13-14,16H,3-6,9,12,15H2,1-2H3,(H,22,25). The number of nitrogens with one attached hydrogen (secondary N) is 1. The molecule has 0 aliphatic heterocycles.